The Balaban J connectivity index is 1.52. The van der Waals surface area contributed by atoms with Crippen LogP contribution in [0.25, 0.3) is 11.3 Å². The number of hydrogen-bond donors (Lipinski definition) is 3. The fraction of sp³-hybridized carbons (Fsp3) is 0.370. The van der Waals surface area contributed by atoms with Crippen LogP contribution in [0.5, 0.6) is 5.75 Å². The molecule has 2 aliphatic heterocycles. The van der Waals surface area contributed by atoms with Crippen LogP contribution in [0.2, 0.25) is 0 Å². The summed E-state index contributed by atoms with van der Waals surface area (Å²) < 4.78 is 5.20. The van der Waals surface area contributed by atoms with Crippen molar-refractivity contribution in [1.29, 1.82) is 0 Å². The average molecular weight is 490 g/mol. The Hall–Kier alpha value is -3.85. The molecule has 9 nitrogen and oxygen atoms in total. The second-order valence-corrected chi connectivity index (χ2v) is 9.63. The maximum atomic E-state index is 13.6. The number of methoxy groups -OCH3 is 1. The van der Waals surface area contributed by atoms with Gasteiger partial charge in [-0.25, -0.2) is 0 Å². The van der Waals surface area contributed by atoms with Gasteiger partial charge in [0, 0.05) is 48.6 Å². The molecule has 2 atom stereocenters. The van der Waals surface area contributed by atoms with Crippen LogP contribution in [-0.4, -0.2) is 70.4 Å². The molecule has 0 bridgehead atoms. The van der Waals surface area contributed by atoms with Gasteiger partial charge in [-0.2, -0.15) is 5.10 Å². The molecular weight excluding hydrogens is 458 g/mol. The molecule has 0 spiro atoms. The molecule has 5 rings (SSSR count). The molecule has 1 aromatic heterocycles. The normalized spacial score (nSPS) is 19.0. The Labute approximate surface area is 210 Å². The third kappa shape index (κ3) is 4.42. The van der Waals surface area contributed by atoms with Crippen LogP contribution in [-0.2, 0) is 11.2 Å². The van der Waals surface area contributed by atoms with Gasteiger partial charge in [0.2, 0.25) is 5.91 Å². The van der Waals surface area contributed by atoms with E-state index in [1.165, 1.54) is 0 Å². The Morgan fingerprint density at radius 3 is 2.58 bits per heavy atom. The Kier molecular flexibility index (Phi) is 6.40. The monoisotopic (exact) mass is 489 g/mol. The fourth-order valence-corrected chi connectivity index (χ4v) is 5.21. The van der Waals surface area contributed by atoms with Gasteiger partial charge in [-0.15, -0.1) is 0 Å². The summed E-state index contributed by atoms with van der Waals surface area (Å²) in [5.41, 5.74) is 4.65. The molecule has 188 valence electrons. The minimum Gasteiger partial charge on any atom is -0.497 e. The molecule has 1 fully saturated rings. The molecule has 9 heteroatoms. The van der Waals surface area contributed by atoms with Crippen molar-refractivity contribution in [1.82, 2.24) is 15.1 Å². The van der Waals surface area contributed by atoms with Gasteiger partial charge in [0.1, 0.15) is 11.8 Å². The number of H-pyrrole nitrogens is 1. The minimum absolute atomic E-state index is 0.0104. The predicted octanol–water partition coefficient (Wildman–Crippen LogP) is 3.07. The molecule has 3 heterocycles. The number of carbonyl (C=O) groups excluding carboxylic acids is 2. The van der Waals surface area contributed by atoms with E-state index in [2.05, 4.69) is 34.3 Å². The number of ether oxygens (including phenoxy) is 1. The smallest absolute Gasteiger partial charge is 0.255 e. The van der Waals surface area contributed by atoms with E-state index in [4.69, 9.17) is 4.74 Å². The van der Waals surface area contributed by atoms with Crippen molar-refractivity contribution in [3.05, 3.63) is 59.8 Å². The summed E-state index contributed by atoms with van der Waals surface area (Å²) in [5.74, 6) is 0.482. The van der Waals surface area contributed by atoms with E-state index in [-0.39, 0.29) is 17.9 Å². The van der Waals surface area contributed by atoms with Gasteiger partial charge in [0.15, 0.2) is 0 Å². The highest BCUT2D eigenvalue weighted by Gasteiger charge is 2.41. The molecule has 2 aromatic carbocycles. The van der Waals surface area contributed by atoms with Crippen molar-refractivity contribution in [3.8, 4) is 17.0 Å². The number of rotatable bonds is 6. The minimum atomic E-state index is -0.473. The van der Waals surface area contributed by atoms with Gasteiger partial charge >= 0.3 is 0 Å². The summed E-state index contributed by atoms with van der Waals surface area (Å²) in [6, 6.07) is 12.4. The number of nitrogens with one attached hydrogen (secondary N) is 2. The molecule has 0 aliphatic carbocycles. The Morgan fingerprint density at radius 2 is 1.97 bits per heavy atom. The molecule has 3 aromatic rings. The Morgan fingerprint density at radius 1 is 1.19 bits per heavy atom. The fourth-order valence-electron chi connectivity index (χ4n) is 5.21. The van der Waals surface area contributed by atoms with E-state index < -0.39 is 12.1 Å². The SMILES string of the molecule is COc1ccc(NC(=O)c2cc3c(c(-c4ccn[nH]4)c2)N(C(C)C)C(C(=O)N2CC[C@@H](O)C2)C3)cc1. The van der Waals surface area contributed by atoms with Crippen LogP contribution in [0.4, 0.5) is 11.4 Å². The summed E-state index contributed by atoms with van der Waals surface area (Å²) >= 11 is 0. The average Bonchev–Trinajstić information content (AvgIpc) is 3.63. The van der Waals surface area contributed by atoms with Gasteiger partial charge in [-0.3, -0.25) is 14.7 Å². The topological polar surface area (TPSA) is 111 Å². The number of amides is 2. The van der Waals surface area contributed by atoms with Gasteiger partial charge in [0.05, 0.1) is 24.6 Å². The lowest BCUT2D eigenvalue weighted by molar-refractivity contribution is -0.131. The number of aliphatic hydroxyl groups excluding tert-OH is 1. The van der Waals surface area contributed by atoms with Crippen LogP contribution in [0.15, 0.2) is 48.7 Å². The van der Waals surface area contributed by atoms with Gasteiger partial charge in [0.25, 0.3) is 5.91 Å². The lowest BCUT2D eigenvalue weighted by Gasteiger charge is -2.34. The van der Waals surface area contributed by atoms with E-state index in [9.17, 15) is 14.7 Å². The number of nitrogens with zero attached hydrogens (tertiary/aromatic N) is 3. The summed E-state index contributed by atoms with van der Waals surface area (Å²) in [6.07, 6.45) is 2.29. The van der Waals surface area contributed by atoms with E-state index in [1.807, 2.05) is 18.2 Å². The van der Waals surface area contributed by atoms with Crippen molar-refractivity contribution in [2.45, 2.75) is 44.9 Å². The van der Waals surface area contributed by atoms with Crippen LogP contribution in [0.1, 0.15) is 36.2 Å². The van der Waals surface area contributed by atoms with E-state index >= 15 is 0 Å². The number of likely N-dealkylation sites (tertiary alicyclic amines) is 1. The van der Waals surface area contributed by atoms with Crippen molar-refractivity contribution in [3.63, 3.8) is 0 Å². The lowest BCUT2D eigenvalue weighted by Crippen LogP contribution is -2.49. The zero-order valence-corrected chi connectivity index (χ0v) is 20.7. The van der Waals surface area contributed by atoms with E-state index in [0.29, 0.717) is 42.9 Å². The van der Waals surface area contributed by atoms with Gasteiger partial charge in [-0.05, 0) is 68.3 Å². The zero-order chi connectivity index (χ0) is 25.4. The first-order valence-corrected chi connectivity index (χ1v) is 12.2. The highest BCUT2D eigenvalue weighted by molar-refractivity contribution is 6.06. The summed E-state index contributed by atoms with van der Waals surface area (Å²) in [4.78, 5) is 30.7. The number of anilines is 2. The van der Waals surface area contributed by atoms with Crippen LogP contribution in [0, 0.1) is 0 Å². The first-order chi connectivity index (χ1) is 17.4. The third-order valence-corrected chi connectivity index (χ3v) is 6.91. The lowest BCUT2D eigenvalue weighted by atomic mass is 9.99. The van der Waals surface area contributed by atoms with Crippen molar-refractivity contribution in [2.24, 2.45) is 0 Å². The summed E-state index contributed by atoms with van der Waals surface area (Å²) in [6.45, 7) is 5.05. The number of fused-ring (bicyclic) bond motifs is 1. The van der Waals surface area contributed by atoms with Crippen LogP contribution >= 0.6 is 0 Å². The molecule has 0 saturated carbocycles. The maximum absolute atomic E-state index is 13.6. The number of hydrogen-bond acceptors (Lipinski definition) is 6. The van der Waals surface area contributed by atoms with Crippen molar-refractivity contribution in [2.75, 3.05) is 30.4 Å². The van der Waals surface area contributed by atoms with Crippen molar-refractivity contribution < 1.29 is 19.4 Å². The van der Waals surface area contributed by atoms with Gasteiger partial charge in [-0.1, -0.05) is 0 Å². The largest absolute Gasteiger partial charge is 0.497 e. The maximum Gasteiger partial charge on any atom is 0.255 e. The molecule has 3 N–H and O–H groups in total. The van der Waals surface area contributed by atoms with Crippen LogP contribution in [0.3, 0.4) is 0 Å². The molecular formula is C27H31N5O4. The number of carbonyl (C=O) groups is 2. The predicted molar refractivity (Wildman–Crippen MR) is 137 cm³/mol. The molecule has 1 saturated heterocycles. The number of aromatic nitrogens is 2. The van der Waals surface area contributed by atoms with Gasteiger partial charge < -0.3 is 25.0 Å². The molecule has 0 radical (unpaired) electrons. The number of aromatic amines is 1. The Bertz CT molecular complexity index is 1260. The second-order valence-electron chi connectivity index (χ2n) is 9.63. The standard InChI is InChI=1S/C27H31N5O4/c1-16(2)32-24(27(35)31-11-9-20(33)15-31)14-17-12-18(13-22(25(17)32)23-8-10-28-30-23)26(34)29-19-4-6-21(36-3)7-5-19/h4-8,10,12-13,16,20,24,33H,9,11,14-15H2,1-3H3,(H,28,30)(H,29,34)/t20-,24?/m1/s1. The van der Waals surface area contributed by atoms with Crippen LogP contribution < -0.4 is 15.0 Å². The molecule has 2 amide bonds. The third-order valence-electron chi connectivity index (χ3n) is 6.91. The second kappa shape index (κ2) is 9.66. The highest BCUT2D eigenvalue weighted by atomic mass is 16.5. The molecule has 2 aliphatic rings. The van der Waals surface area contributed by atoms with E-state index in [0.717, 1.165) is 22.5 Å². The van der Waals surface area contributed by atoms with E-state index in [1.54, 1.807) is 42.5 Å². The van der Waals surface area contributed by atoms with Crippen molar-refractivity contribution >= 4 is 23.2 Å². The summed E-state index contributed by atoms with van der Waals surface area (Å²) in [5, 5.41) is 20.1. The number of β-amino-alcohol motifs (C(OH)–C–C–N with tert-alkyl or cyclic N) is 1. The first-order valence-electron chi connectivity index (χ1n) is 12.2. The number of aliphatic hydroxyl groups is 1. The molecule has 36 heavy (non-hydrogen) atoms. The highest BCUT2D eigenvalue weighted by Crippen LogP contribution is 2.43. The summed E-state index contributed by atoms with van der Waals surface area (Å²) in [7, 11) is 1.60. The molecule has 1 unspecified atom stereocenters. The number of benzene rings is 2. The first kappa shape index (κ1) is 23.9. The zero-order valence-electron chi connectivity index (χ0n) is 20.7. The quantitative estimate of drug-likeness (QED) is 0.491.